The van der Waals surface area contributed by atoms with Crippen molar-refractivity contribution in [3.8, 4) is 16.9 Å². The summed E-state index contributed by atoms with van der Waals surface area (Å²) in [5.41, 5.74) is 15.5. The molecule has 0 aliphatic carbocycles. The van der Waals surface area contributed by atoms with Crippen molar-refractivity contribution in [2.24, 2.45) is 4.99 Å². The lowest BCUT2D eigenvalue weighted by atomic mass is 10.1. The molecule has 5 aromatic rings. The summed E-state index contributed by atoms with van der Waals surface area (Å²) in [5.74, 6) is -0.160. The Balaban J connectivity index is 1.27. The number of nitrogens with two attached hydrogens (primary N) is 2. The van der Waals surface area contributed by atoms with Crippen molar-refractivity contribution in [2.45, 2.75) is 0 Å². The number of nitrogens with zero attached hydrogens (tertiary/aromatic N) is 1. The van der Waals surface area contributed by atoms with Gasteiger partial charge in [0.2, 0.25) is 0 Å². The number of para-hydroxylation sites is 1. The highest BCUT2D eigenvalue weighted by Gasteiger charge is 2.10. The van der Waals surface area contributed by atoms with Crippen LogP contribution < -0.4 is 21.8 Å². The Morgan fingerprint density at radius 2 is 1.53 bits per heavy atom. The number of hydrogen-bond donors (Lipinski definition) is 2. The van der Waals surface area contributed by atoms with Crippen LogP contribution in [0.5, 0.6) is 5.75 Å². The lowest BCUT2D eigenvalue weighted by Gasteiger charge is -2.06. The maximum absolute atomic E-state index is 12.4. The number of fused-ring (bicyclic) bond motifs is 1. The maximum atomic E-state index is 12.4. The van der Waals surface area contributed by atoms with E-state index in [-0.39, 0.29) is 11.2 Å². The minimum Gasteiger partial charge on any atom is -0.423 e. The first-order chi connectivity index (χ1) is 17.4. The highest BCUT2D eigenvalue weighted by Crippen LogP contribution is 2.24. The Bertz CT molecular complexity index is 1630. The summed E-state index contributed by atoms with van der Waals surface area (Å²) in [6.45, 7) is 0. The van der Waals surface area contributed by atoms with Crippen molar-refractivity contribution in [1.29, 1.82) is 0 Å². The van der Waals surface area contributed by atoms with Gasteiger partial charge in [0.25, 0.3) is 0 Å². The summed E-state index contributed by atoms with van der Waals surface area (Å²) >= 11 is 0. The molecule has 176 valence electrons. The zero-order valence-corrected chi connectivity index (χ0v) is 19.0. The monoisotopic (exact) mass is 475 g/mol. The molecule has 0 saturated heterocycles. The summed E-state index contributed by atoms with van der Waals surface area (Å²) in [6, 6.07) is 28.1. The summed E-state index contributed by atoms with van der Waals surface area (Å²) in [4.78, 5) is 29.2. The van der Waals surface area contributed by atoms with E-state index >= 15 is 0 Å². The molecule has 0 radical (unpaired) electrons. The second-order valence-electron chi connectivity index (χ2n) is 8.14. The fourth-order valence-corrected chi connectivity index (χ4v) is 3.72. The Morgan fingerprint density at radius 3 is 2.25 bits per heavy atom. The highest BCUT2D eigenvalue weighted by molar-refractivity contribution is 5.93. The molecule has 36 heavy (non-hydrogen) atoms. The summed E-state index contributed by atoms with van der Waals surface area (Å²) < 4.78 is 10.8. The zero-order valence-electron chi connectivity index (χ0n) is 19.0. The van der Waals surface area contributed by atoms with Crippen LogP contribution in [-0.2, 0) is 0 Å². The smallest absolute Gasteiger partial charge is 0.344 e. The highest BCUT2D eigenvalue weighted by atomic mass is 16.5. The number of hydrogen-bond acceptors (Lipinski definition) is 7. The molecule has 4 aromatic carbocycles. The van der Waals surface area contributed by atoms with Gasteiger partial charge in [0.15, 0.2) is 0 Å². The van der Waals surface area contributed by atoms with Crippen LogP contribution in [0, 0.1) is 0 Å². The van der Waals surface area contributed by atoms with E-state index in [1.165, 1.54) is 12.1 Å². The predicted molar refractivity (Wildman–Crippen MR) is 142 cm³/mol. The number of anilines is 2. The Labute approximate surface area is 206 Å². The number of carbonyl (C=O) groups excluding carboxylic acids is 1. The molecular weight excluding hydrogens is 454 g/mol. The van der Waals surface area contributed by atoms with Crippen LogP contribution in [0.25, 0.3) is 22.1 Å². The lowest BCUT2D eigenvalue weighted by molar-refractivity contribution is 0.0735. The third-order valence-corrected chi connectivity index (χ3v) is 5.49. The van der Waals surface area contributed by atoms with Crippen LogP contribution in [0.4, 0.5) is 17.1 Å². The van der Waals surface area contributed by atoms with Crippen LogP contribution in [0.15, 0.2) is 111 Å². The molecular formula is C29H21N3O4. The number of esters is 1. The average molecular weight is 476 g/mol. The minimum absolute atomic E-state index is 0.281. The van der Waals surface area contributed by atoms with Gasteiger partial charge in [-0.3, -0.25) is 4.99 Å². The molecule has 0 atom stereocenters. The van der Waals surface area contributed by atoms with Crippen LogP contribution in [0.1, 0.15) is 15.9 Å². The summed E-state index contributed by atoms with van der Waals surface area (Å²) in [6.07, 6.45) is 1.70. The van der Waals surface area contributed by atoms with E-state index in [9.17, 15) is 9.59 Å². The van der Waals surface area contributed by atoms with Gasteiger partial charge in [-0.15, -0.1) is 0 Å². The normalized spacial score (nSPS) is 11.1. The molecule has 1 aromatic heterocycles. The third kappa shape index (κ3) is 5.00. The Morgan fingerprint density at radius 1 is 0.833 bits per heavy atom. The summed E-state index contributed by atoms with van der Waals surface area (Å²) in [7, 11) is 0. The zero-order chi connectivity index (χ0) is 25.1. The lowest BCUT2D eigenvalue weighted by Crippen LogP contribution is -2.09. The molecule has 0 aliphatic heterocycles. The molecule has 5 rings (SSSR count). The molecule has 4 N–H and O–H groups in total. The van der Waals surface area contributed by atoms with Gasteiger partial charge >= 0.3 is 11.6 Å². The van der Waals surface area contributed by atoms with Crippen molar-refractivity contribution in [3.05, 3.63) is 119 Å². The van der Waals surface area contributed by atoms with Crippen LogP contribution in [0.2, 0.25) is 0 Å². The Kier molecular flexibility index (Phi) is 6.03. The first kappa shape index (κ1) is 22.6. The number of ether oxygens (including phenoxy) is 1. The molecule has 7 nitrogen and oxygen atoms in total. The van der Waals surface area contributed by atoms with Gasteiger partial charge < -0.3 is 20.6 Å². The molecule has 7 heteroatoms. The van der Waals surface area contributed by atoms with Gasteiger partial charge in [0, 0.05) is 23.0 Å². The van der Waals surface area contributed by atoms with Gasteiger partial charge in [0.05, 0.1) is 16.8 Å². The quantitative estimate of drug-likeness (QED) is 0.112. The van der Waals surface area contributed by atoms with Crippen molar-refractivity contribution >= 4 is 40.2 Å². The topological polar surface area (TPSA) is 121 Å². The van der Waals surface area contributed by atoms with Crippen molar-refractivity contribution in [1.82, 2.24) is 0 Å². The number of rotatable bonds is 5. The van der Waals surface area contributed by atoms with Gasteiger partial charge in [0.1, 0.15) is 11.3 Å². The molecule has 1 heterocycles. The first-order valence-corrected chi connectivity index (χ1v) is 11.1. The third-order valence-electron chi connectivity index (χ3n) is 5.49. The second kappa shape index (κ2) is 9.60. The summed E-state index contributed by atoms with van der Waals surface area (Å²) in [5, 5.41) is 0.861. The van der Waals surface area contributed by atoms with E-state index in [4.69, 9.17) is 20.6 Å². The fourth-order valence-electron chi connectivity index (χ4n) is 3.72. The van der Waals surface area contributed by atoms with Crippen LogP contribution in [-0.4, -0.2) is 12.2 Å². The van der Waals surface area contributed by atoms with Gasteiger partial charge in [-0.1, -0.05) is 30.3 Å². The van der Waals surface area contributed by atoms with E-state index in [0.29, 0.717) is 28.3 Å². The van der Waals surface area contributed by atoms with Gasteiger partial charge in [-0.2, -0.15) is 0 Å². The average Bonchev–Trinajstić information content (AvgIpc) is 2.88. The standard InChI is InChI=1S/C29H21N3O4/c30-22-13-21(14-23(31)16-22)28(33)35-25-11-5-18(6-12-25)17-32-24-9-7-19(8-10-24)26-15-20-3-1-2-4-27(20)36-29(26)34/h1-17H,30-31H2. The van der Waals surface area contributed by atoms with Gasteiger partial charge in [-0.05, 0) is 77.9 Å². The predicted octanol–water partition coefficient (Wildman–Crippen LogP) is 5.59. The number of carbonyl (C=O) groups is 1. The van der Waals surface area contributed by atoms with E-state index < -0.39 is 5.97 Å². The van der Waals surface area contributed by atoms with E-state index in [0.717, 1.165) is 22.2 Å². The Hall–Kier alpha value is -5.17. The van der Waals surface area contributed by atoms with Crippen molar-refractivity contribution < 1.29 is 13.9 Å². The van der Waals surface area contributed by atoms with E-state index in [2.05, 4.69) is 4.99 Å². The molecule has 0 unspecified atom stereocenters. The number of nitrogen functional groups attached to an aromatic ring is 2. The van der Waals surface area contributed by atoms with E-state index in [1.807, 2.05) is 48.5 Å². The van der Waals surface area contributed by atoms with Crippen molar-refractivity contribution in [2.75, 3.05) is 11.5 Å². The maximum Gasteiger partial charge on any atom is 0.344 e. The molecule has 0 bridgehead atoms. The van der Waals surface area contributed by atoms with E-state index in [1.54, 1.807) is 42.6 Å². The van der Waals surface area contributed by atoms with Crippen LogP contribution >= 0.6 is 0 Å². The minimum atomic E-state index is -0.545. The molecule has 0 fully saturated rings. The molecule has 0 saturated carbocycles. The fraction of sp³-hybridized carbons (Fsp3) is 0. The largest absolute Gasteiger partial charge is 0.423 e. The molecule has 0 aliphatic rings. The SMILES string of the molecule is Nc1cc(N)cc(C(=O)Oc2ccc(C=Nc3ccc(-c4cc5ccccc5oc4=O)cc3)cc2)c1. The van der Waals surface area contributed by atoms with Crippen LogP contribution in [0.3, 0.4) is 0 Å². The number of benzene rings is 4. The van der Waals surface area contributed by atoms with Crippen molar-refractivity contribution in [3.63, 3.8) is 0 Å². The first-order valence-electron chi connectivity index (χ1n) is 11.1. The second-order valence-corrected chi connectivity index (χ2v) is 8.14. The molecule has 0 spiro atoms. The van der Waals surface area contributed by atoms with Gasteiger partial charge in [-0.25, -0.2) is 9.59 Å². The number of aliphatic imine (C=N–C) groups is 1. The molecule has 0 amide bonds.